The van der Waals surface area contributed by atoms with Gasteiger partial charge in [-0.25, -0.2) is 4.79 Å². The molecule has 1 heterocycles. The third-order valence-electron chi connectivity index (χ3n) is 4.43. The lowest BCUT2D eigenvalue weighted by atomic mass is 10.1. The first-order chi connectivity index (χ1) is 13.0. The number of primary amides is 1. The summed E-state index contributed by atoms with van der Waals surface area (Å²) in [5.74, 6) is -0.813. The second-order valence-corrected chi connectivity index (χ2v) is 6.32. The molecule has 140 valence electrons. The van der Waals surface area contributed by atoms with Crippen molar-refractivity contribution in [3.8, 4) is 0 Å². The SMILES string of the molecule is NC(=O)c1ccc(NC(=O)C2CCCN2C(=O)OCc2ccccc2)cc1. The number of carbonyl (C=O) groups is 3. The maximum Gasteiger partial charge on any atom is 0.410 e. The van der Waals surface area contributed by atoms with E-state index in [9.17, 15) is 14.4 Å². The number of rotatable bonds is 5. The molecule has 0 aromatic heterocycles. The van der Waals surface area contributed by atoms with Crippen molar-refractivity contribution in [2.45, 2.75) is 25.5 Å². The number of nitrogens with two attached hydrogens (primary N) is 1. The molecule has 3 rings (SSSR count). The molecule has 1 unspecified atom stereocenters. The minimum absolute atomic E-state index is 0.166. The van der Waals surface area contributed by atoms with Gasteiger partial charge in [-0.15, -0.1) is 0 Å². The number of carbonyl (C=O) groups excluding carboxylic acids is 3. The van der Waals surface area contributed by atoms with Crippen LogP contribution in [0.15, 0.2) is 54.6 Å². The fourth-order valence-electron chi connectivity index (χ4n) is 3.00. The number of nitrogens with one attached hydrogen (secondary N) is 1. The van der Waals surface area contributed by atoms with E-state index in [0.717, 1.165) is 12.0 Å². The highest BCUT2D eigenvalue weighted by molar-refractivity contribution is 5.98. The summed E-state index contributed by atoms with van der Waals surface area (Å²) in [6, 6.07) is 15.1. The summed E-state index contributed by atoms with van der Waals surface area (Å²) in [7, 11) is 0. The Bertz CT molecular complexity index is 821. The molecule has 3 amide bonds. The second kappa shape index (κ2) is 8.35. The van der Waals surface area contributed by atoms with Crippen molar-refractivity contribution in [3.63, 3.8) is 0 Å². The zero-order valence-corrected chi connectivity index (χ0v) is 14.8. The van der Waals surface area contributed by atoms with Crippen molar-refractivity contribution in [1.82, 2.24) is 4.90 Å². The van der Waals surface area contributed by atoms with E-state index in [1.807, 2.05) is 30.3 Å². The Balaban J connectivity index is 1.58. The number of anilines is 1. The van der Waals surface area contributed by atoms with Crippen molar-refractivity contribution in [2.75, 3.05) is 11.9 Å². The number of nitrogens with zero attached hydrogens (tertiary/aromatic N) is 1. The van der Waals surface area contributed by atoms with Gasteiger partial charge in [-0.1, -0.05) is 30.3 Å². The second-order valence-electron chi connectivity index (χ2n) is 6.32. The van der Waals surface area contributed by atoms with Gasteiger partial charge >= 0.3 is 6.09 Å². The largest absolute Gasteiger partial charge is 0.445 e. The van der Waals surface area contributed by atoms with Gasteiger partial charge in [0.15, 0.2) is 0 Å². The molecule has 1 aliphatic rings. The molecule has 2 aromatic carbocycles. The Morgan fingerprint density at radius 3 is 2.44 bits per heavy atom. The predicted molar refractivity (Wildman–Crippen MR) is 99.9 cm³/mol. The van der Waals surface area contributed by atoms with Crippen molar-refractivity contribution in [3.05, 3.63) is 65.7 Å². The fraction of sp³-hybridized carbons (Fsp3) is 0.250. The molecule has 0 radical (unpaired) electrons. The fourth-order valence-corrected chi connectivity index (χ4v) is 3.00. The third kappa shape index (κ3) is 4.63. The minimum atomic E-state index is -0.580. The highest BCUT2D eigenvalue weighted by atomic mass is 16.6. The average Bonchev–Trinajstić information content (AvgIpc) is 3.17. The first-order valence-corrected chi connectivity index (χ1v) is 8.72. The molecular formula is C20H21N3O4. The monoisotopic (exact) mass is 367 g/mol. The Morgan fingerprint density at radius 2 is 1.78 bits per heavy atom. The highest BCUT2D eigenvalue weighted by Gasteiger charge is 2.35. The van der Waals surface area contributed by atoms with Crippen LogP contribution in [0.2, 0.25) is 0 Å². The lowest BCUT2D eigenvalue weighted by Gasteiger charge is -2.23. The zero-order chi connectivity index (χ0) is 19.2. The molecule has 27 heavy (non-hydrogen) atoms. The van der Waals surface area contributed by atoms with E-state index in [1.165, 1.54) is 4.90 Å². The molecule has 0 spiro atoms. The predicted octanol–water partition coefficient (Wildman–Crippen LogP) is 2.53. The van der Waals surface area contributed by atoms with Crippen LogP contribution in [0.5, 0.6) is 0 Å². The number of amides is 3. The first kappa shape index (κ1) is 18.4. The van der Waals surface area contributed by atoms with E-state index >= 15 is 0 Å². The molecular weight excluding hydrogens is 346 g/mol. The topological polar surface area (TPSA) is 102 Å². The number of ether oxygens (including phenoxy) is 1. The van der Waals surface area contributed by atoms with Gasteiger partial charge in [0.05, 0.1) is 0 Å². The average molecular weight is 367 g/mol. The van der Waals surface area contributed by atoms with Gasteiger partial charge in [0.1, 0.15) is 12.6 Å². The molecule has 1 aliphatic heterocycles. The van der Waals surface area contributed by atoms with Gasteiger partial charge in [0.2, 0.25) is 11.8 Å². The quantitative estimate of drug-likeness (QED) is 0.848. The maximum absolute atomic E-state index is 12.6. The van der Waals surface area contributed by atoms with E-state index in [-0.39, 0.29) is 12.5 Å². The Hall–Kier alpha value is -3.35. The summed E-state index contributed by atoms with van der Waals surface area (Å²) >= 11 is 0. The van der Waals surface area contributed by atoms with Crippen molar-refractivity contribution >= 4 is 23.6 Å². The molecule has 2 aromatic rings. The molecule has 1 fully saturated rings. The highest BCUT2D eigenvalue weighted by Crippen LogP contribution is 2.21. The number of benzene rings is 2. The number of hydrogen-bond donors (Lipinski definition) is 2. The molecule has 0 aliphatic carbocycles. The molecule has 0 saturated carbocycles. The van der Waals surface area contributed by atoms with Crippen LogP contribution in [0.4, 0.5) is 10.5 Å². The van der Waals surface area contributed by atoms with Crippen molar-refractivity contribution in [2.24, 2.45) is 5.73 Å². The van der Waals surface area contributed by atoms with Gasteiger partial charge in [-0.2, -0.15) is 0 Å². The number of hydrogen-bond acceptors (Lipinski definition) is 4. The molecule has 7 nitrogen and oxygen atoms in total. The normalized spacial score (nSPS) is 16.0. The van der Waals surface area contributed by atoms with Gasteiger partial charge in [-0.3, -0.25) is 14.5 Å². The third-order valence-corrected chi connectivity index (χ3v) is 4.43. The van der Waals surface area contributed by atoms with Gasteiger partial charge in [0, 0.05) is 17.8 Å². The lowest BCUT2D eigenvalue weighted by Crippen LogP contribution is -2.43. The zero-order valence-electron chi connectivity index (χ0n) is 14.8. The van der Waals surface area contributed by atoms with Crippen LogP contribution in [-0.2, 0) is 16.1 Å². The summed E-state index contributed by atoms with van der Waals surface area (Å²) in [6.07, 6.45) is 0.811. The Labute approximate surface area is 157 Å². The van der Waals surface area contributed by atoms with Crippen LogP contribution in [0.25, 0.3) is 0 Å². The van der Waals surface area contributed by atoms with Crippen LogP contribution in [0, 0.1) is 0 Å². The lowest BCUT2D eigenvalue weighted by molar-refractivity contribution is -0.120. The summed E-state index contributed by atoms with van der Waals surface area (Å²) in [4.78, 5) is 37.5. The Kier molecular flexibility index (Phi) is 5.71. The van der Waals surface area contributed by atoms with Crippen LogP contribution < -0.4 is 11.1 Å². The summed E-state index contributed by atoms with van der Waals surface area (Å²) in [5, 5.41) is 2.77. The summed E-state index contributed by atoms with van der Waals surface area (Å²) in [5.41, 5.74) is 6.99. The van der Waals surface area contributed by atoms with Gasteiger partial charge < -0.3 is 15.8 Å². The number of likely N-dealkylation sites (tertiary alicyclic amines) is 1. The van der Waals surface area contributed by atoms with E-state index in [4.69, 9.17) is 10.5 Å². The standard InChI is InChI=1S/C20H21N3O4/c21-18(24)15-8-10-16(11-9-15)22-19(25)17-7-4-12-23(17)20(26)27-13-14-5-2-1-3-6-14/h1-3,5-6,8-11,17H,4,7,12-13H2,(H2,21,24)(H,22,25). The van der Waals surface area contributed by atoms with E-state index < -0.39 is 18.0 Å². The van der Waals surface area contributed by atoms with E-state index in [2.05, 4.69) is 5.32 Å². The van der Waals surface area contributed by atoms with E-state index in [0.29, 0.717) is 24.2 Å². The van der Waals surface area contributed by atoms with Crippen molar-refractivity contribution < 1.29 is 19.1 Å². The molecule has 3 N–H and O–H groups in total. The summed E-state index contributed by atoms with van der Waals surface area (Å²) in [6.45, 7) is 0.644. The molecule has 0 bridgehead atoms. The van der Waals surface area contributed by atoms with Crippen LogP contribution in [-0.4, -0.2) is 35.4 Å². The smallest absolute Gasteiger partial charge is 0.410 e. The Morgan fingerprint density at radius 1 is 1.07 bits per heavy atom. The minimum Gasteiger partial charge on any atom is -0.445 e. The summed E-state index contributed by atoms with van der Waals surface area (Å²) < 4.78 is 5.34. The van der Waals surface area contributed by atoms with E-state index in [1.54, 1.807) is 24.3 Å². The molecule has 7 heteroatoms. The first-order valence-electron chi connectivity index (χ1n) is 8.72. The van der Waals surface area contributed by atoms with Gasteiger partial charge in [0.25, 0.3) is 0 Å². The van der Waals surface area contributed by atoms with Crippen LogP contribution in [0.1, 0.15) is 28.8 Å². The molecule has 1 atom stereocenters. The van der Waals surface area contributed by atoms with Crippen molar-refractivity contribution in [1.29, 1.82) is 0 Å². The van der Waals surface area contributed by atoms with Gasteiger partial charge in [-0.05, 0) is 42.7 Å². The van der Waals surface area contributed by atoms with Crippen LogP contribution >= 0.6 is 0 Å². The van der Waals surface area contributed by atoms with Crippen LogP contribution in [0.3, 0.4) is 0 Å². The molecule has 1 saturated heterocycles. The maximum atomic E-state index is 12.6.